The van der Waals surface area contributed by atoms with E-state index in [-0.39, 0.29) is 11.8 Å². The van der Waals surface area contributed by atoms with Crippen molar-refractivity contribution in [2.45, 2.75) is 12.5 Å². The molecular weight excluding hydrogens is 234 g/mol. The number of thiophene rings is 1. The first kappa shape index (κ1) is 12.0. The highest BCUT2D eigenvalue weighted by molar-refractivity contribution is 7.09. The SMILES string of the molecule is NC(COc1cccc(O)c1)Cc1cccs1. The highest BCUT2D eigenvalue weighted by Crippen LogP contribution is 2.18. The average Bonchev–Trinajstić information content (AvgIpc) is 2.79. The molecule has 2 rings (SSSR count). The molecule has 0 spiro atoms. The minimum atomic E-state index is -0.0315. The lowest BCUT2D eigenvalue weighted by Crippen LogP contribution is -2.29. The van der Waals surface area contributed by atoms with Gasteiger partial charge in [-0.1, -0.05) is 12.1 Å². The quantitative estimate of drug-likeness (QED) is 0.855. The van der Waals surface area contributed by atoms with Crippen molar-refractivity contribution in [1.82, 2.24) is 0 Å². The third kappa shape index (κ3) is 3.76. The molecular formula is C13H15NO2S. The first-order chi connectivity index (χ1) is 8.24. The van der Waals surface area contributed by atoms with Crippen LogP contribution in [0.1, 0.15) is 4.88 Å². The molecule has 1 heterocycles. The zero-order valence-corrected chi connectivity index (χ0v) is 10.2. The molecule has 4 heteroatoms. The second-order valence-corrected chi connectivity index (χ2v) is 4.88. The fourth-order valence-electron chi connectivity index (χ4n) is 1.52. The lowest BCUT2D eigenvalue weighted by Gasteiger charge is -2.12. The number of phenols is 1. The predicted octanol–water partition coefficient (Wildman–Crippen LogP) is 2.40. The summed E-state index contributed by atoms with van der Waals surface area (Å²) in [7, 11) is 0. The van der Waals surface area contributed by atoms with Crippen LogP contribution in [0.3, 0.4) is 0 Å². The molecule has 0 saturated heterocycles. The summed E-state index contributed by atoms with van der Waals surface area (Å²) in [5, 5.41) is 11.3. The topological polar surface area (TPSA) is 55.5 Å². The number of hydrogen-bond donors (Lipinski definition) is 2. The molecule has 3 nitrogen and oxygen atoms in total. The van der Waals surface area contributed by atoms with E-state index in [1.54, 1.807) is 35.6 Å². The van der Waals surface area contributed by atoms with Gasteiger partial charge in [-0.15, -0.1) is 11.3 Å². The van der Waals surface area contributed by atoms with Gasteiger partial charge in [-0.05, 0) is 23.6 Å². The molecule has 0 bridgehead atoms. The number of rotatable bonds is 5. The van der Waals surface area contributed by atoms with Crippen LogP contribution in [0.4, 0.5) is 0 Å². The van der Waals surface area contributed by atoms with Gasteiger partial charge < -0.3 is 15.6 Å². The summed E-state index contributed by atoms with van der Waals surface area (Å²) in [6.07, 6.45) is 0.816. The largest absolute Gasteiger partial charge is 0.508 e. The van der Waals surface area contributed by atoms with Gasteiger partial charge in [-0.25, -0.2) is 0 Å². The van der Waals surface area contributed by atoms with E-state index >= 15 is 0 Å². The van der Waals surface area contributed by atoms with E-state index in [2.05, 4.69) is 6.07 Å². The summed E-state index contributed by atoms with van der Waals surface area (Å²) in [5.41, 5.74) is 5.97. The minimum absolute atomic E-state index is 0.0315. The summed E-state index contributed by atoms with van der Waals surface area (Å²) in [6, 6.07) is 10.8. The second kappa shape index (κ2) is 5.70. The number of aromatic hydroxyl groups is 1. The van der Waals surface area contributed by atoms with Crippen LogP contribution in [0.5, 0.6) is 11.5 Å². The molecule has 17 heavy (non-hydrogen) atoms. The van der Waals surface area contributed by atoms with Crippen LogP contribution in [0.15, 0.2) is 41.8 Å². The third-order valence-electron chi connectivity index (χ3n) is 2.33. The van der Waals surface area contributed by atoms with Crippen molar-refractivity contribution >= 4 is 11.3 Å². The normalized spacial score (nSPS) is 12.3. The third-order valence-corrected chi connectivity index (χ3v) is 3.22. The molecule has 0 aliphatic carbocycles. The lowest BCUT2D eigenvalue weighted by atomic mass is 10.2. The maximum absolute atomic E-state index is 9.28. The zero-order chi connectivity index (χ0) is 12.1. The summed E-state index contributed by atoms with van der Waals surface area (Å²) >= 11 is 1.70. The Morgan fingerprint density at radius 2 is 2.18 bits per heavy atom. The van der Waals surface area contributed by atoms with Crippen molar-refractivity contribution in [3.63, 3.8) is 0 Å². The Bertz CT molecular complexity index is 456. The van der Waals surface area contributed by atoms with Crippen molar-refractivity contribution in [3.05, 3.63) is 46.7 Å². The lowest BCUT2D eigenvalue weighted by molar-refractivity contribution is 0.287. The Morgan fingerprint density at radius 1 is 1.29 bits per heavy atom. The van der Waals surface area contributed by atoms with Crippen LogP contribution in [0.25, 0.3) is 0 Å². The molecule has 1 aromatic heterocycles. The number of nitrogens with two attached hydrogens (primary N) is 1. The first-order valence-corrected chi connectivity index (χ1v) is 6.32. The van der Waals surface area contributed by atoms with Crippen LogP contribution in [0.2, 0.25) is 0 Å². The molecule has 90 valence electrons. The minimum Gasteiger partial charge on any atom is -0.508 e. The van der Waals surface area contributed by atoms with Gasteiger partial charge >= 0.3 is 0 Å². The van der Waals surface area contributed by atoms with Crippen LogP contribution in [-0.4, -0.2) is 17.8 Å². The molecule has 1 aromatic carbocycles. The van der Waals surface area contributed by atoms with Gasteiger partial charge in [0.05, 0.1) is 0 Å². The molecule has 1 unspecified atom stereocenters. The van der Waals surface area contributed by atoms with E-state index in [0.29, 0.717) is 12.4 Å². The van der Waals surface area contributed by atoms with E-state index in [1.165, 1.54) is 4.88 Å². The molecule has 2 aromatic rings. The molecule has 0 aliphatic heterocycles. The number of phenolic OH excluding ortho intramolecular Hbond substituents is 1. The summed E-state index contributed by atoms with van der Waals surface area (Å²) in [6.45, 7) is 0.446. The summed E-state index contributed by atoms with van der Waals surface area (Å²) in [4.78, 5) is 1.26. The van der Waals surface area contributed by atoms with Crippen LogP contribution < -0.4 is 10.5 Å². The van der Waals surface area contributed by atoms with Gasteiger partial charge in [0.1, 0.15) is 18.1 Å². The zero-order valence-electron chi connectivity index (χ0n) is 9.37. The molecule has 0 aliphatic rings. The number of hydrogen-bond acceptors (Lipinski definition) is 4. The Morgan fingerprint density at radius 3 is 2.88 bits per heavy atom. The summed E-state index contributed by atoms with van der Waals surface area (Å²) < 4.78 is 5.52. The van der Waals surface area contributed by atoms with Crippen LogP contribution in [-0.2, 0) is 6.42 Å². The predicted molar refractivity (Wildman–Crippen MR) is 69.6 cm³/mol. The monoisotopic (exact) mass is 249 g/mol. The first-order valence-electron chi connectivity index (χ1n) is 5.44. The van der Waals surface area contributed by atoms with E-state index in [4.69, 9.17) is 10.5 Å². The maximum atomic E-state index is 9.28. The average molecular weight is 249 g/mol. The number of ether oxygens (including phenoxy) is 1. The van der Waals surface area contributed by atoms with E-state index < -0.39 is 0 Å². The van der Waals surface area contributed by atoms with Crippen molar-refractivity contribution in [1.29, 1.82) is 0 Å². The summed E-state index contributed by atoms with van der Waals surface area (Å²) in [5.74, 6) is 0.848. The molecule has 0 amide bonds. The van der Waals surface area contributed by atoms with Gasteiger partial charge in [0, 0.05) is 23.4 Å². The maximum Gasteiger partial charge on any atom is 0.123 e. The van der Waals surface area contributed by atoms with E-state index in [0.717, 1.165) is 6.42 Å². The fourth-order valence-corrected chi connectivity index (χ4v) is 2.32. The van der Waals surface area contributed by atoms with Crippen molar-refractivity contribution in [2.24, 2.45) is 5.73 Å². The van der Waals surface area contributed by atoms with Gasteiger partial charge in [0.2, 0.25) is 0 Å². The Hall–Kier alpha value is -1.52. The fraction of sp³-hybridized carbons (Fsp3) is 0.231. The van der Waals surface area contributed by atoms with Crippen molar-refractivity contribution in [3.8, 4) is 11.5 Å². The van der Waals surface area contributed by atoms with Crippen molar-refractivity contribution < 1.29 is 9.84 Å². The van der Waals surface area contributed by atoms with Gasteiger partial charge in [0.25, 0.3) is 0 Å². The van der Waals surface area contributed by atoms with Gasteiger partial charge in [-0.2, -0.15) is 0 Å². The van der Waals surface area contributed by atoms with E-state index in [9.17, 15) is 5.11 Å². The van der Waals surface area contributed by atoms with Crippen LogP contribution in [0, 0.1) is 0 Å². The Kier molecular flexibility index (Phi) is 4.01. The Labute approximate surface area is 104 Å². The van der Waals surface area contributed by atoms with Crippen LogP contribution >= 0.6 is 11.3 Å². The standard InChI is InChI=1S/C13H15NO2S/c14-10(7-13-5-2-6-17-13)9-16-12-4-1-3-11(15)8-12/h1-6,8,10,15H,7,9,14H2. The molecule has 0 fully saturated rings. The van der Waals surface area contributed by atoms with Gasteiger partial charge in [-0.3, -0.25) is 0 Å². The smallest absolute Gasteiger partial charge is 0.123 e. The van der Waals surface area contributed by atoms with Gasteiger partial charge in [0.15, 0.2) is 0 Å². The van der Waals surface area contributed by atoms with Crippen molar-refractivity contribution in [2.75, 3.05) is 6.61 Å². The molecule has 1 atom stereocenters. The highest BCUT2D eigenvalue weighted by atomic mass is 32.1. The Balaban J connectivity index is 1.82. The highest BCUT2D eigenvalue weighted by Gasteiger charge is 2.06. The number of benzene rings is 1. The molecule has 0 radical (unpaired) electrons. The second-order valence-electron chi connectivity index (χ2n) is 3.85. The molecule has 3 N–H and O–H groups in total. The molecule has 0 saturated carbocycles. The van der Waals surface area contributed by atoms with E-state index in [1.807, 2.05) is 11.4 Å².